The lowest BCUT2D eigenvalue weighted by Crippen LogP contribution is -2.02. The van der Waals surface area contributed by atoms with Crippen LogP contribution in [0.4, 0.5) is 5.95 Å². The molecule has 0 saturated carbocycles. The Labute approximate surface area is 88.0 Å². The predicted molar refractivity (Wildman–Crippen MR) is 50.7 cm³/mol. The molecule has 7 nitrogen and oxygen atoms in total. The van der Waals surface area contributed by atoms with Gasteiger partial charge in [0, 0.05) is 27.6 Å². The van der Waals surface area contributed by atoms with Crippen molar-refractivity contribution in [1.82, 2.24) is 14.8 Å². The number of hydrogen-bond acceptors (Lipinski definition) is 5. The summed E-state index contributed by atoms with van der Waals surface area (Å²) < 4.78 is 1.73. The van der Waals surface area contributed by atoms with Crippen molar-refractivity contribution in [2.75, 3.05) is 6.61 Å². The molecule has 0 aromatic carbocycles. The zero-order valence-electron chi connectivity index (χ0n) is 7.26. The second-order valence-corrected chi connectivity index (χ2v) is 3.30. The standard InChI is InChI=1S/C6H9BrN4O3/c7-5-8-6(11(13)14)9-10(5)3-1-2-4-12/h12H,1-4H2. The van der Waals surface area contributed by atoms with Gasteiger partial charge in [-0.15, -0.1) is 0 Å². The first-order chi connectivity index (χ1) is 6.65. The van der Waals surface area contributed by atoms with E-state index < -0.39 is 10.9 Å². The van der Waals surface area contributed by atoms with E-state index in [2.05, 4.69) is 26.0 Å². The maximum Gasteiger partial charge on any atom is 0.492 e. The topological polar surface area (TPSA) is 94.1 Å². The van der Waals surface area contributed by atoms with E-state index in [1.807, 2.05) is 0 Å². The number of hydrogen-bond donors (Lipinski definition) is 1. The number of nitrogens with zero attached hydrogens (tertiary/aromatic N) is 4. The smallest absolute Gasteiger partial charge is 0.396 e. The first-order valence-corrected chi connectivity index (χ1v) is 4.80. The van der Waals surface area contributed by atoms with Gasteiger partial charge in [-0.2, -0.15) is 4.68 Å². The van der Waals surface area contributed by atoms with Gasteiger partial charge >= 0.3 is 5.95 Å². The van der Waals surface area contributed by atoms with Crippen LogP contribution in [0.1, 0.15) is 12.8 Å². The molecule has 1 aromatic heterocycles. The van der Waals surface area contributed by atoms with E-state index in [1.165, 1.54) is 4.68 Å². The molecule has 1 rings (SSSR count). The lowest BCUT2D eigenvalue weighted by atomic mass is 10.3. The summed E-state index contributed by atoms with van der Waals surface area (Å²) >= 11 is 3.06. The Hall–Kier alpha value is -1.02. The second kappa shape index (κ2) is 5.01. The SMILES string of the molecule is O=[N+]([O-])c1nc(Br)n(CCCCO)n1. The minimum Gasteiger partial charge on any atom is -0.396 e. The third-order valence-corrected chi connectivity index (χ3v) is 2.14. The summed E-state index contributed by atoms with van der Waals surface area (Å²) in [6.45, 7) is 0.608. The van der Waals surface area contributed by atoms with Gasteiger partial charge in [-0.3, -0.25) is 0 Å². The average molecular weight is 265 g/mol. The van der Waals surface area contributed by atoms with E-state index in [1.54, 1.807) is 0 Å². The van der Waals surface area contributed by atoms with E-state index in [4.69, 9.17) is 5.11 Å². The quantitative estimate of drug-likeness (QED) is 0.481. The lowest BCUT2D eigenvalue weighted by molar-refractivity contribution is -0.394. The number of aromatic nitrogens is 3. The van der Waals surface area contributed by atoms with Crippen LogP contribution in [0.15, 0.2) is 4.73 Å². The molecule has 1 heterocycles. The van der Waals surface area contributed by atoms with E-state index in [9.17, 15) is 10.1 Å². The first kappa shape index (κ1) is 11.1. The first-order valence-electron chi connectivity index (χ1n) is 4.00. The van der Waals surface area contributed by atoms with Gasteiger partial charge in [0.15, 0.2) is 0 Å². The van der Waals surface area contributed by atoms with Gasteiger partial charge < -0.3 is 15.2 Å². The third-order valence-electron chi connectivity index (χ3n) is 1.56. The van der Waals surface area contributed by atoms with Crippen molar-refractivity contribution in [2.24, 2.45) is 0 Å². The summed E-state index contributed by atoms with van der Waals surface area (Å²) in [6.07, 6.45) is 1.34. The van der Waals surface area contributed by atoms with Crippen LogP contribution in [0.3, 0.4) is 0 Å². The maximum absolute atomic E-state index is 10.3. The van der Waals surface area contributed by atoms with Gasteiger partial charge in [0.25, 0.3) is 4.73 Å². The molecule has 0 unspecified atom stereocenters. The van der Waals surface area contributed by atoms with E-state index in [0.717, 1.165) is 0 Å². The van der Waals surface area contributed by atoms with Crippen LogP contribution >= 0.6 is 15.9 Å². The molecule has 0 atom stereocenters. The highest BCUT2D eigenvalue weighted by Gasteiger charge is 2.18. The summed E-state index contributed by atoms with van der Waals surface area (Å²) in [5.41, 5.74) is 0. The molecule has 1 N–H and O–H groups in total. The predicted octanol–water partition coefficient (Wildman–Crippen LogP) is 0.721. The zero-order valence-corrected chi connectivity index (χ0v) is 8.84. The van der Waals surface area contributed by atoms with Gasteiger partial charge in [-0.25, -0.2) is 0 Å². The van der Waals surface area contributed by atoms with Crippen LogP contribution in [-0.4, -0.2) is 31.4 Å². The maximum atomic E-state index is 10.3. The van der Waals surface area contributed by atoms with Crippen molar-refractivity contribution in [3.8, 4) is 0 Å². The Morgan fingerprint density at radius 3 is 2.79 bits per heavy atom. The molecule has 0 bridgehead atoms. The fourth-order valence-electron chi connectivity index (χ4n) is 0.905. The van der Waals surface area contributed by atoms with Crippen LogP contribution in [0.25, 0.3) is 0 Å². The van der Waals surface area contributed by atoms with E-state index in [0.29, 0.717) is 24.1 Å². The Kier molecular flexibility index (Phi) is 3.96. The second-order valence-electron chi connectivity index (χ2n) is 2.59. The van der Waals surface area contributed by atoms with Gasteiger partial charge in [-0.05, 0) is 22.7 Å². The lowest BCUT2D eigenvalue weighted by Gasteiger charge is -1.95. The Morgan fingerprint density at radius 2 is 2.29 bits per heavy atom. The number of aliphatic hydroxyl groups is 1. The Morgan fingerprint density at radius 1 is 1.57 bits per heavy atom. The van der Waals surface area contributed by atoms with Crippen molar-refractivity contribution in [1.29, 1.82) is 0 Å². The molecule has 0 spiro atoms. The fraction of sp³-hybridized carbons (Fsp3) is 0.667. The number of rotatable bonds is 5. The number of aryl methyl sites for hydroxylation is 1. The molecule has 8 heteroatoms. The monoisotopic (exact) mass is 264 g/mol. The average Bonchev–Trinajstić information content (AvgIpc) is 2.49. The number of nitro groups is 1. The molecular formula is C6H9BrN4O3. The molecule has 1 aromatic rings. The van der Waals surface area contributed by atoms with Gasteiger partial charge in [0.2, 0.25) is 0 Å². The summed E-state index contributed by atoms with van der Waals surface area (Å²) in [5, 5.41) is 22.5. The van der Waals surface area contributed by atoms with E-state index >= 15 is 0 Å². The third kappa shape index (κ3) is 2.74. The Balaban J connectivity index is 2.63. The fourth-order valence-corrected chi connectivity index (χ4v) is 1.32. The van der Waals surface area contributed by atoms with E-state index in [-0.39, 0.29) is 6.61 Å². The highest BCUT2D eigenvalue weighted by atomic mass is 79.9. The van der Waals surface area contributed by atoms with Gasteiger partial charge in [-0.1, -0.05) is 0 Å². The van der Waals surface area contributed by atoms with Crippen LogP contribution < -0.4 is 0 Å². The minimum absolute atomic E-state index is 0.106. The summed E-state index contributed by atoms with van der Waals surface area (Å²) in [6, 6.07) is 0. The number of aliphatic hydroxyl groups excluding tert-OH is 1. The summed E-state index contributed by atoms with van der Waals surface area (Å²) in [7, 11) is 0. The number of halogens is 1. The van der Waals surface area contributed by atoms with Gasteiger partial charge in [0.1, 0.15) is 0 Å². The molecule has 0 saturated heterocycles. The summed E-state index contributed by atoms with van der Waals surface area (Å²) in [5.74, 6) is -0.416. The molecule has 0 amide bonds. The zero-order chi connectivity index (χ0) is 10.6. The van der Waals surface area contributed by atoms with Crippen molar-refractivity contribution >= 4 is 21.9 Å². The molecule has 0 fully saturated rings. The van der Waals surface area contributed by atoms with Gasteiger partial charge in [0.05, 0.1) is 6.54 Å². The highest BCUT2D eigenvalue weighted by Crippen LogP contribution is 2.12. The summed E-state index contributed by atoms with van der Waals surface area (Å²) in [4.78, 5) is 13.3. The van der Waals surface area contributed by atoms with Crippen molar-refractivity contribution in [3.63, 3.8) is 0 Å². The molecule has 14 heavy (non-hydrogen) atoms. The molecule has 0 aliphatic heterocycles. The molecule has 0 aliphatic carbocycles. The minimum atomic E-state index is -0.646. The van der Waals surface area contributed by atoms with Crippen LogP contribution in [0.5, 0.6) is 0 Å². The molecule has 0 aliphatic rings. The van der Waals surface area contributed by atoms with Crippen LogP contribution in [-0.2, 0) is 6.54 Å². The van der Waals surface area contributed by atoms with Crippen molar-refractivity contribution < 1.29 is 10.0 Å². The molecule has 0 radical (unpaired) electrons. The van der Waals surface area contributed by atoms with Crippen LogP contribution in [0, 0.1) is 10.1 Å². The normalized spacial score (nSPS) is 10.4. The van der Waals surface area contributed by atoms with Crippen molar-refractivity contribution in [2.45, 2.75) is 19.4 Å². The van der Waals surface area contributed by atoms with Crippen LogP contribution in [0.2, 0.25) is 0 Å². The largest absolute Gasteiger partial charge is 0.492 e. The van der Waals surface area contributed by atoms with Crippen molar-refractivity contribution in [3.05, 3.63) is 14.8 Å². The number of unbranched alkanes of at least 4 members (excludes halogenated alkanes) is 1. The molecular weight excluding hydrogens is 256 g/mol. The Bertz CT molecular complexity index is 327. The molecule has 78 valence electrons. The highest BCUT2D eigenvalue weighted by molar-refractivity contribution is 9.10.